The SMILES string of the molecule is C[B]CCc1ccc(CC2CN(CC(/C=C\N)NC)C2)c(C(=O)O)c1O. The van der Waals surface area contributed by atoms with Gasteiger partial charge in [0.2, 0.25) is 0 Å². The first-order valence-electron chi connectivity index (χ1n) is 9.13. The molecule has 1 heterocycles. The van der Waals surface area contributed by atoms with E-state index in [9.17, 15) is 15.0 Å². The lowest BCUT2D eigenvalue weighted by molar-refractivity contribution is 0.0688. The Morgan fingerprint density at radius 2 is 2.15 bits per heavy atom. The second kappa shape index (κ2) is 9.64. The number of carboxylic acid groups (broad SMARTS) is 1. The first kappa shape index (κ1) is 20.3. The van der Waals surface area contributed by atoms with Crippen molar-refractivity contribution in [2.75, 3.05) is 26.7 Å². The van der Waals surface area contributed by atoms with Crippen LogP contribution in [-0.4, -0.2) is 61.1 Å². The zero-order valence-corrected chi connectivity index (χ0v) is 15.6. The molecule has 1 unspecified atom stereocenters. The minimum atomic E-state index is -1.06. The Hall–Kier alpha value is -1.99. The molecule has 26 heavy (non-hydrogen) atoms. The van der Waals surface area contributed by atoms with Gasteiger partial charge >= 0.3 is 5.97 Å². The van der Waals surface area contributed by atoms with Crippen LogP contribution in [0.2, 0.25) is 13.1 Å². The summed E-state index contributed by atoms with van der Waals surface area (Å²) in [4.78, 5) is 14.0. The van der Waals surface area contributed by atoms with E-state index in [2.05, 4.69) is 10.2 Å². The second-order valence-corrected chi connectivity index (χ2v) is 6.93. The summed E-state index contributed by atoms with van der Waals surface area (Å²) in [7, 11) is 3.91. The number of nitrogens with one attached hydrogen (secondary N) is 1. The molecule has 1 fully saturated rings. The number of aromatic hydroxyl groups is 1. The predicted molar refractivity (Wildman–Crippen MR) is 105 cm³/mol. The Kier molecular flexibility index (Phi) is 7.54. The van der Waals surface area contributed by atoms with Crippen LogP contribution < -0.4 is 11.1 Å². The van der Waals surface area contributed by atoms with Crippen molar-refractivity contribution >= 4 is 13.2 Å². The number of rotatable bonds is 10. The monoisotopic (exact) mass is 358 g/mol. The molecule has 1 aliphatic rings. The summed E-state index contributed by atoms with van der Waals surface area (Å²) in [5.74, 6) is -0.725. The van der Waals surface area contributed by atoms with Crippen molar-refractivity contribution in [3.05, 3.63) is 41.1 Å². The molecule has 0 amide bonds. The highest BCUT2D eigenvalue weighted by Crippen LogP contribution is 2.31. The van der Waals surface area contributed by atoms with Gasteiger partial charge in [-0.05, 0) is 43.1 Å². The molecule has 7 heteroatoms. The zero-order chi connectivity index (χ0) is 19.1. The van der Waals surface area contributed by atoms with E-state index in [1.165, 1.54) is 0 Å². The lowest BCUT2D eigenvalue weighted by Gasteiger charge is -2.41. The maximum absolute atomic E-state index is 11.7. The van der Waals surface area contributed by atoms with Crippen LogP contribution in [-0.2, 0) is 12.8 Å². The minimum Gasteiger partial charge on any atom is -0.507 e. The van der Waals surface area contributed by atoms with E-state index in [0.717, 1.165) is 31.5 Å². The Morgan fingerprint density at radius 1 is 1.46 bits per heavy atom. The molecule has 1 atom stereocenters. The topological polar surface area (TPSA) is 98.8 Å². The Balaban J connectivity index is 2.00. The summed E-state index contributed by atoms with van der Waals surface area (Å²) < 4.78 is 0. The molecule has 1 aromatic rings. The molecular weight excluding hydrogens is 329 g/mol. The molecule has 0 bridgehead atoms. The summed E-state index contributed by atoms with van der Waals surface area (Å²) >= 11 is 0. The molecule has 1 aromatic carbocycles. The van der Waals surface area contributed by atoms with Crippen LogP contribution in [0.3, 0.4) is 0 Å². The highest BCUT2D eigenvalue weighted by atomic mass is 16.4. The van der Waals surface area contributed by atoms with Crippen LogP contribution in [0.1, 0.15) is 21.5 Å². The number of aryl methyl sites for hydroxylation is 1. The van der Waals surface area contributed by atoms with Gasteiger partial charge in [0.05, 0.1) is 0 Å². The number of likely N-dealkylation sites (N-methyl/N-ethyl adjacent to an activating group) is 1. The first-order valence-corrected chi connectivity index (χ1v) is 9.13. The van der Waals surface area contributed by atoms with Gasteiger partial charge in [0, 0.05) is 25.7 Å². The summed E-state index contributed by atoms with van der Waals surface area (Å²) in [5, 5.41) is 23.2. The predicted octanol–water partition coefficient (Wildman–Crippen LogP) is 1.34. The van der Waals surface area contributed by atoms with E-state index in [1.54, 1.807) is 6.20 Å². The van der Waals surface area contributed by atoms with Crippen LogP contribution >= 0.6 is 0 Å². The fourth-order valence-electron chi connectivity index (χ4n) is 3.51. The van der Waals surface area contributed by atoms with Crippen molar-refractivity contribution in [3.63, 3.8) is 0 Å². The van der Waals surface area contributed by atoms with Gasteiger partial charge in [0.1, 0.15) is 18.6 Å². The number of aromatic carboxylic acids is 1. The highest BCUT2D eigenvalue weighted by molar-refractivity contribution is 6.33. The number of nitrogens with two attached hydrogens (primary N) is 1. The first-order chi connectivity index (χ1) is 12.5. The van der Waals surface area contributed by atoms with E-state index in [0.29, 0.717) is 24.3 Å². The van der Waals surface area contributed by atoms with Gasteiger partial charge in [-0.3, -0.25) is 0 Å². The van der Waals surface area contributed by atoms with Crippen molar-refractivity contribution in [2.45, 2.75) is 32.0 Å². The third-order valence-electron chi connectivity index (χ3n) is 4.97. The third kappa shape index (κ3) is 5.02. The average molecular weight is 358 g/mol. The Morgan fingerprint density at radius 3 is 2.73 bits per heavy atom. The largest absolute Gasteiger partial charge is 0.507 e. The van der Waals surface area contributed by atoms with Gasteiger partial charge < -0.3 is 26.2 Å². The number of carbonyl (C=O) groups is 1. The van der Waals surface area contributed by atoms with E-state index < -0.39 is 5.97 Å². The molecule has 1 aliphatic heterocycles. The second-order valence-electron chi connectivity index (χ2n) is 6.93. The maximum atomic E-state index is 11.7. The normalized spacial score (nSPS) is 16.5. The van der Waals surface area contributed by atoms with Crippen LogP contribution in [0.25, 0.3) is 0 Å². The van der Waals surface area contributed by atoms with Crippen molar-refractivity contribution in [2.24, 2.45) is 11.7 Å². The number of benzene rings is 1. The summed E-state index contributed by atoms with van der Waals surface area (Å²) in [5.41, 5.74) is 6.93. The van der Waals surface area contributed by atoms with Gasteiger partial charge in [-0.25, -0.2) is 4.79 Å². The van der Waals surface area contributed by atoms with E-state index >= 15 is 0 Å². The van der Waals surface area contributed by atoms with Crippen molar-refractivity contribution < 1.29 is 15.0 Å². The van der Waals surface area contributed by atoms with Crippen LogP contribution in [0.4, 0.5) is 0 Å². The number of nitrogens with zero attached hydrogens (tertiary/aromatic N) is 1. The average Bonchev–Trinajstić information content (AvgIpc) is 2.57. The summed E-state index contributed by atoms with van der Waals surface area (Å²) in [6, 6.07) is 3.94. The number of hydrogen-bond donors (Lipinski definition) is 4. The van der Waals surface area contributed by atoms with Crippen LogP contribution in [0.15, 0.2) is 24.4 Å². The lowest BCUT2D eigenvalue weighted by atomic mass is 9.75. The number of carboxylic acids is 1. The van der Waals surface area contributed by atoms with Crippen molar-refractivity contribution in [1.82, 2.24) is 10.2 Å². The lowest BCUT2D eigenvalue weighted by Crippen LogP contribution is -2.52. The maximum Gasteiger partial charge on any atom is 0.339 e. The van der Waals surface area contributed by atoms with E-state index in [4.69, 9.17) is 5.73 Å². The molecule has 141 valence electrons. The van der Waals surface area contributed by atoms with Crippen LogP contribution in [0.5, 0.6) is 5.75 Å². The van der Waals surface area contributed by atoms with Gasteiger partial charge in [-0.15, -0.1) is 0 Å². The molecular formula is C19H29BN3O3. The van der Waals surface area contributed by atoms with Gasteiger partial charge in [-0.1, -0.05) is 31.4 Å². The smallest absolute Gasteiger partial charge is 0.339 e. The molecule has 0 aromatic heterocycles. The molecule has 0 saturated carbocycles. The Bertz CT molecular complexity index is 645. The van der Waals surface area contributed by atoms with Gasteiger partial charge in [-0.2, -0.15) is 0 Å². The molecule has 1 saturated heterocycles. The summed E-state index contributed by atoms with van der Waals surface area (Å²) in [6.07, 6.45) is 5.62. The number of likely N-dealkylation sites (tertiary alicyclic amines) is 1. The molecule has 0 spiro atoms. The zero-order valence-electron chi connectivity index (χ0n) is 15.6. The highest BCUT2D eigenvalue weighted by Gasteiger charge is 2.30. The fraction of sp³-hybridized carbons (Fsp3) is 0.526. The standard InChI is InChI=1S/C19H29BN3O3/c1-20-7-5-14-3-4-15(17(18(14)24)19(25)26)9-13-10-23(11-13)12-16(22-2)6-8-21/h3-4,6,8,13,16,22,24H,5,7,9-12,21H2,1-2H3,(H,25,26)/b8-6-. The molecule has 0 aliphatic carbocycles. The number of hydrogen-bond acceptors (Lipinski definition) is 5. The number of phenols is 1. The molecule has 5 N–H and O–H groups in total. The van der Waals surface area contributed by atoms with Gasteiger partial charge in [0.25, 0.3) is 0 Å². The molecule has 6 nitrogen and oxygen atoms in total. The quantitative estimate of drug-likeness (QED) is 0.471. The van der Waals surface area contributed by atoms with Crippen molar-refractivity contribution in [1.29, 1.82) is 0 Å². The van der Waals surface area contributed by atoms with E-state index in [-0.39, 0.29) is 17.4 Å². The van der Waals surface area contributed by atoms with Crippen LogP contribution in [0, 0.1) is 5.92 Å². The van der Waals surface area contributed by atoms with E-state index in [1.807, 2.05) is 39.4 Å². The minimum absolute atomic E-state index is 0.0659. The molecule has 2 rings (SSSR count). The molecule has 1 radical (unpaired) electrons. The third-order valence-corrected chi connectivity index (χ3v) is 4.97. The van der Waals surface area contributed by atoms with Crippen molar-refractivity contribution in [3.8, 4) is 5.75 Å². The Labute approximate surface area is 156 Å². The van der Waals surface area contributed by atoms with Gasteiger partial charge in [0.15, 0.2) is 0 Å². The summed E-state index contributed by atoms with van der Waals surface area (Å²) in [6.45, 7) is 4.67. The fourth-order valence-corrected chi connectivity index (χ4v) is 3.51.